The molecule has 2 fully saturated rings. The molecule has 410 valence electrons. The zero-order valence-electron chi connectivity index (χ0n) is 51.1. The summed E-state index contributed by atoms with van der Waals surface area (Å²) < 4.78 is 6.73. The maximum absolute atomic E-state index is 4.44. The molecule has 0 amide bonds. The molecule has 6 aromatic rings. The second-order valence-corrected chi connectivity index (χ2v) is 61.1. The van der Waals surface area contributed by atoms with Crippen LogP contribution < -0.4 is 0 Å². The summed E-state index contributed by atoms with van der Waals surface area (Å²) in [6, 6.07) is 49.4. The molecule has 4 aliphatic rings. The number of fused-ring (bicyclic) bond motifs is 2. The Balaban J connectivity index is 1.26. The molecule has 2 atom stereocenters. The van der Waals surface area contributed by atoms with E-state index >= 15 is 0 Å². The molecule has 78 heavy (non-hydrogen) atoms. The molecular weight excluding hydrogens is 1030 g/mol. The summed E-state index contributed by atoms with van der Waals surface area (Å²) in [4.78, 5) is 0. The van der Waals surface area contributed by atoms with Gasteiger partial charge in [0.15, 0.2) is 0 Å². The van der Waals surface area contributed by atoms with Crippen molar-refractivity contribution in [2.75, 3.05) is 0 Å². The van der Waals surface area contributed by atoms with E-state index in [1.54, 1.807) is 22.3 Å². The van der Waals surface area contributed by atoms with Gasteiger partial charge in [0, 0.05) is 0 Å². The molecule has 0 N–H and O–H groups in total. The summed E-state index contributed by atoms with van der Waals surface area (Å²) in [5.41, 5.74) is 27.0. The van der Waals surface area contributed by atoms with Gasteiger partial charge in [0.2, 0.25) is 0 Å². The van der Waals surface area contributed by atoms with Crippen LogP contribution in [0.25, 0.3) is 56.7 Å². The van der Waals surface area contributed by atoms with Crippen molar-refractivity contribution in [2.45, 2.75) is 211 Å². The molecular formula is C76H98SiZr. The van der Waals surface area contributed by atoms with Crippen molar-refractivity contribution in [1.82, 2.24) is 0 Å². The average Bonchev–Trinajstić information content (AvgIpc) is 3.98. The zero-order chi connectivity index (χ0) is 55.6. The van der Waals surface area contributed by atoms with Crippen molar-refractivity contribution >= 4 is 19.0 Å². The van der Waals surface area contributed by atoms with Crippen LogP contribution in [0.5, 0.6) is 0 Å². The van der Waals surface area contributed by atoms with E-state index in [1.807, 2.05) is 0 Å². The molecule has 0 spiro atoms. The van der Waals surface area contributed by atoms with Crippen molar-refractivity contribution in [3.8, 4) is 44.5 Å². The second kappa shape index (κ2) is 21.7. The first kappa shape index (κ1) is 57.1. The Hall–Kier alpha value is -4.10. The average molecular weight is 1130 g/mol. The molecule has 0 heterocycles. The Morgan fingerprint density at radius 1 is 0.346 bits per heavy atom. The van der Waals surface area contributed by atoms with Gasteiger partial charge in [-0.3, -0.25) is 0 Å². The van der Waals surface area contributed by atoms with E-state index < -0.39 is 17.4 Å². The molecule has 0 saturated heterocycles. The van der Waals surface area contributed by atoms with Crippen molar-refractivity contribution in [2.24, 2.45) is 11.8 Å². The van der Waals surface area contributed by atoms with Gasteiger partial charge in [0.05, 0.1) is 0 Å². The molecule has 2 unspecified atom stereocenters. The van der Waals surface area contributed by atoms with Crippen LogP contribution in [0.1, 0.15) is 225 Å². The summed E-state index contributed by atoms with van der Waals surface area (Å²) >= 11 is -4.44. The Morgan fingerprint density at radius 3 is 0.846 bits per heavy atom. The van der Waals surface area contributed by atoms with Crippen molar-refractivity contribution < 1.29 is 17.4 Å². The summed E-state index contributed by atoms with van der Waals surface area (Å²) in [7, 11) is 0. The summed E-state index contributed by atoms with van der Waals surface area (Å²) in [5, 5.41) is 0. The van der Waals surface area contributed by atoms with E-state index in [4.69, 9.17) is 0 Å². The fourth-order valence-electron chi connectivity index (χ4n) is 15.2. The van der Waals surface area contributed by atoms with Crippen molar-refractivity contribution in [3.63, 3.8) is 0 Å². The van der Waals surface area contributed by atoms with Crippen LogP contribution in [0.3, 0.4) is 0 Å². The van der Waals surface area contributed by atoms with Crippen LogP contribution in [0.2, 0.25) is 9.26 Å². The molecule has 0 aromatic heterocycles. The van der Waals surface area contributed by atoms with Gasteiger partial charge in [-0.05, 0) is 0 Å². The van der Waals surface area contributed by atoms with E-state index in [1.165, 1.54) is 168 Å². The van der Waals surface area contributed by atoms with E-state index in [0.717, 1.165) is 11.8 Å². The van der Waals surface area contributed by atoms with Gasteiger partial charge in [-0.25, -0.2) is 0 Å². The topological polar surface area (TPSA) is 0 Å². The monoisotopic (exact) mass is 1130 g/mol. The molecule has 6 aromatic carbocycles. The minimum absolute atomic E-state index is 0.0841. The SMILES string of the molecule is CC(C)(C)c1ccc(-c2ccc(-c3ccc(C(C)(C)C)cc3)c3c2C=C(CC2CCCCCC2)[CH]3[Zr]([CH3])([CH3])(=[SiH2])[CH]2C(CC3CCCCCC3)=Cc3c(-c4ccc(C(C)(C)C)cc4)ccc(-c4ccc(C(C)(C)C)cc4)c32)cc1. The molecule has 0 radical (unpaired) electrons. The van der Waals surface area contributed by atoms with Gasteiger partial charge in [-0.15, -0.1) is 0 Å². The van der Waals surface area contributed by atoms with E-state index in [0.29, 0.717) is 7.25 Å². The number of rotatable bonds is 10. The van der Waals surface area contributed by atoms with Gasteiger partial charge < -0.3 is 0 Å². The summed E-state index contributed by atoms with van der Waals surface area (Å²) in [6.45, 7) is 30.9. The van der Waals surface area contributed by atoms with Crippen LogP contribution in [-0.2, 0) is 39.1 Å². The molecule has 10 rings (SSSR count). The Labute approximate surface area is 477 Å². The third-order valence-corrected chi connectivity index (χ3v) is 37.1. The number of hydrogen-bond donors (Lipinski definition) is 0. The standard InChI is InChI=1S/2C37H45.2CH3.H2Si.Zr/c2*1-36(2,3)30-17-13-28(14-18-30)32-21-22-33(29-15-19-31(20-16-29)37(4,5)6)35-25-27(24-34(32)35)23-26-11-9-7-8-10-12-26;;;;/h2*13-22,24-26H,7-12,23H2,1-6H3;2*1H3;1H2;. The third kappa shape index (κ3) is 11.7. The van der Waals surface area contributed by atoms with Crippen LogP contribution >= 0.6 is 0 Å². The molecule has 0 aliphatic heterocycles. The first-order chi connectivity index (χ1) is 36.7. The van der Waals surface area contributed by atoms with Crippen LogP contribution in [-0.4, -0.2) is 6.88 Å². The Morgan fingerprint density at radius 2 is 0.590 bits per heavy atom. The van der Waals surface area contributed by atoms with Gasteiger partial charge in [-0.2, -0.15) is 0 Å². The normalized spacial score (nSPS) is 19.2. The van der Waals surface area contributed by atoms with Gasteiger partial charge in [-0.1, -0.05) is 0 Å². The number of benzene rings is 6. The first-order valence-corrected chi connectivity index (χ1v) is 44.7. The van der Waals surface area contributed by atoms with Crippen LogP contribution in [0.15, 0.2) is 132 Å². The van der Waals surface area contributed by atoms with E-state index in [2.05, 4.69) is 233 Å². The fourth-order valence-corrected chi connectivity index (χ4v) is 34.7. The van der Waals surface area contributed by atoms with E-state index in [-0.39, 0.29) is 21.7 Å². The predicted molar refractivity (Wildman–Crippen MR) is 343 cm³/mol. The first-order valence-electron chi connectivity index (χ1n) is 31.0. The quantitative estimate of drug-likeness (QED) is 0.0947. The Bertz CT molecular complexity index is 3030. The summed E-state index contributed by atoms with van der Waals surface area (Å²) in [6.07, 6.45) is 24.6. The molecule has 4 aliphatic carbocycles. The second-order valence-electron chi connectivity index (χ2n) is 30.7. The number of allylic oxidation sites excluding steroid dienone is 2. The zero-order valence-corrected chi connectivity index (χ0v) is 55.0. The fraction of sp³-hybridized carbons (Fsp3) is 0.474. The third-order valence-electron chi connectivity index (χ3n) is 19.7. The minimum atomic E-state index is -4.44. The van der Waals surface area contributed by atoms with Crippen molar-refractivity contribution in [3.05, 3.63) is 177 Å². The molecule has 0 bridgehead atoms. The predicted octanol–water partition coefficient (Wildman–Crippen LogP) is 22.2. The number of hydrogen-bond acceptors (Lipinski definition) is 0. The van der Waals surface area contributed by atoms with Gasteiger partial charge in [0.1, 0.15) is 0 Å². The van der Waals surface area contributed by atoms with Crippen LogP contribution in [0, 0.1) is 11.8 Å². The van der Waals surface area contributed by atoms with Gasteiger partial charge in [0.25, 0.3) is 0 Å². The molecule has 0 nitrogen and oxygen atoms in total. The summed E-state index contributed by atoms with van der Waals surface area (Å²) in [5.74, 6) is 1.45. The molecule has 2 heteroatoms. The Kier molecular flexibility index (Phi) is 15.9. The van der Waals surface area contributed by atoms with Crippen molar-refractivity contribution in [1.29, 1.82) is 0 Å². The van der Waals surface area contributed by atoms with E-state index in [9.17, 15) is 0 Å². The maximum atomic E-state index is 2.98. The molecule has 2 saturated carbocycles. The van der Waals surface area contributed by atoms with Gasteiger partial charge >= 0.3 is 481 Å². The van der Waals surface area contributed by atoms with Crippen LogP contribution in [0.4, 0.5) is 0 Å².